The quantitative estimate of drug-likeness (QED) is 0.690. The molecule has 0 radical (unpaired) electrons. The van der Waals surface area contributed by atoms with Crippen molar-refractivity contribution in [1.29, 1.82) is 0 Å². The second-order valence-electron chi connectivity index (χ2n) is 5.87. The fourth-order valence-corrected chi connectivity index (χ4v) is 2.84. The van der Waals surface area contributed by atoms with Gasteiger partial charge in [-0.25, -0.2) is 0 Å². The van der Waals surface area contributed by atoms with Gasteiger partial charge in [0.05, 0.1) is 14.2 Å². The van der Waals surface area contributed by atoms with Crippen molar-refractivity contribution < 1.29 is 9.47 Å². The summed E-state index contributed by atoms with van der Waals surface area (Å²) in [6, 6.07) is 16.2. The van der Waals surface area contributed by atoms with Crippen molar-refractivity contribution in [2.45, 2.75) is 19.8 Å². The first kappa shape index (κ1) is 19.1. The Kier molecular flexibility index (Phi) is 7.54. The molecule has 0 aliphatic carbocycles. The van der Waals surface area contributed by atoms with E-state index in [0.29, 0.717) is 22.5 Å². The Morgan fingerprint density at radius 2 is 1.76 bits per heavy atom. The lowest BCUT2D eigenvalue weighted by Crippen LogP contribution is -2.33. The van der Waals surface area contributed by atoms with Crippen LogP contribution in [0.15, 0.2) is 48.5 Å². The van der Waals surface area contributed by atoms with Crippen LogP contribution in [0.1, 0.15) is 18.9 Å². The summed E-state index contributed by atoms with van der Waals surface area (Å²) < 4.78 is 10.6. The molecular weight excluding hydrogens is 332 g/mol. The summed E-state index contributed by atoms with van der Waals surface area (Å²) >= 11 is 5.41. The molecule has 0 saturated carbocycles. The monoisotopic (exact) mass is 358 g/mol. The lowest BCUT2D eigenvalue weighted by atomic mass is 9.97. The Hall–Kier alpha value is -2.27. The molecule has 0 saturated heterocycles. The first-order valence-electron chi connectivity index (χ1n) is 8.47. The van der Waals surface area contributed by atoms with Crippen LogP contribution in [-0.2, 0) is 6.42 Å². The summed E-state index contributed by atoms with van der Waals surface area (Å²) in [6.45, 7) is 3.05. The highest BCUT2D eigenvalue weighted by molar-refractivity contribution is 7.80. The third-order valence-corrected chi connectivity index (χ3v) is 4.38. The number of anilines is 1. The SMILES string of the molecule is CC[C@H](CNC(=S)Nc1ccc(OC)c(OC)c1)Cc1ccccc1. The Balaban J connectivity index is 1.87. The molecule has 0 aromatic heterocycles. The van der Waals surface area contributed by atoms with Crippen LogP contribution in [-0.4, -0.2) is 25.9 Å². The number of rotatable bonds is 8. The smallest absolute Gasteiger partial charge is 0.170 e. The highest BCUT2D eigenvalue weighted by Gasteiger charge is 2.09. The molecule has 0 amide bonds. The van der Waals surface area contributed by atoms with E-state index < -0.39 is 0 Å². The molecule has 0 aliphatic heterocycles. The minimum absolute atomic E-state index is 0.535. The van der Waals surface area contributed by atoms with Crippen molar-refractivity contribution in [3.05, 3.63) is 54.1 Å². The molecule has 1 atom stereocenters. The molecule has 5 heteroatoms. The lowest BCUT2D eigenvalue weighted by molar-refractivity contribution is 0.355. The third-order valence-electron chi connectivity index (χ3n) is 4.14. The molecule has 2 N–H and O–H groups in total. The van der Waals surface area contributed by atoms with Gasteiger partial charge in [-0.05, 0) is 42.3 Å². The van der Waals surface area contributed by atoms with Gasteiger partial charge in [0.25, 0.3) is 0 Å². The Morgan fingerprint density at radius 1 is 1.04 bits per heavy atom. The van der Waals surface area contributed by atoms with E-state index in [1.165, 1.54) is 5.56 Å². The minimum Gasteiger partial charge on any atom is -0.493 e. The standard InChI is InChI=1S/C20H26N2O2S/c1-4-15(12-16-8-6-5-7-9-16)14-21-20(25)22-17-10-11-18(23-2)19(13-17)24-3/h5-11,13,15H,4,12,14H2,1-3H3,(H2,21,22,25)/t15-/m0/s1. The van der Waals surface area contributed by atoms with Crippen LogP contribution in [0.3, 0.4) is 0 Å². The van der Waals surface area contributed by atoms with Gasteiger partial charge in [0.2, 0.25) is 0 Å². The number of methoxy groups -OCH3 is 2. The van der Waals surface area contributed by atoms with Crippen molar-refractivity contribution in [3.63, 3.8) is 0 Å². The van der Waals surface area contributed by atoms with Crippen LogP contribution in [0.2, 0.25) is 0 Å². The Morgan fingerprint density at radius 3 is 2.40 bits per heavy atom. The molecule has 4 nitrogen and oxygen atoms in total. The molecule has 0 fully saturated rings. The van der Waals surface area contributed by atoms with E-state index in [1.807, 2.05) is 24.3 Å². The molecule has 0 spiro atoms. The summed E-state index contributed by atoms with van der Waals surface area (Å²) in [5, 5.41) is 7.12. The zero-order valence-electron chi connectivity index (χ0n) is 15.0. The largest absolute Gasteiger partial charge is 0.493 e. The molecule has 0 unspecified atom stereocenters. The summed E-state index contributed by atoms with van der Waals surface area (Å²) in [5.74, 6) is 1.90. The fraction of sp³-hybridized carbons (Fsp3) is 0.350. The van der Waals surface area contributed by atoms with Gasteiger partial charge in [0, 0.05) is 18.3 Å². The molecular formula is C20H26N2O2S. The Labute approximate surface area is 155 Å². The summed E-state index contributed by atoms with van der Waals surface area (Å²) in [4.78, 5) is 0. The minimum atomic E-state index is 0.535. The van der Waals surface area contributed by atoms with Gasteiger partial charge in [0.15, 0.2) is 16.6 Å². The second kappa shape index (κ2) is 9.89. The molecule has 25 heavy (non-hydrogen) atoms. The number of benzene rings is 2. The first-order chi connectivity index (χ1) is 12.2. The van der Waals surface area contributed by atoms with Gasteiger partial charge in [0.1, 0.15) is 0 Å². The highest BCUT2D eigenvalue weighted by atomic mass is 32.1. The van der Waals surface area contributed by atoms with E-state index in [1.54, 1.807) is 14.2 Å². The summed E-state index contributed by atoms with van der Waals surface area (Å²) in [6.07, 6.45) is 2.14. The van der Waals surface area contributed by atoms with Crippen LogP contribution >= 0.6 is 12.2 Å². The predicted molar refractivity (Wildman–Crippen MR) is 108 cm³/mol. The zero-order chi connectivity index (χ0) is 18.1. The van der Waals surface area contributed by atoms with E-state index in [-0.39, 0.29) is 0 Å². The number of hydrogen-bond acceptors (Lipinski definition) is 3. The molecule has 2 rings (SSSR count). The van der Waals surface area contributed by atoms with Crippen LogP contribution < -0.4 is 20.1 Å². The number of nitrogens with one attached hydrogen (secondary N) is 2. The van der Waals surface area contributed by atoms with Gasteiger partial charge in [-0.2, -0.15) is 0 Å². The van der Waals surface area contributed by atoms with Crippen molar-refractivity contribution in [2.75, 3.05) is 26.1 Å². The summed E-state index contributed by atoms with van der Waals surface area (Å²) in [7, 11) is 3.24. The highest BCUT2D eigenvalue weighted by Crippen LogP contribution is 2.29. The second-order valence-corrected chi connectivity index (χ2v) is 6.28. The number of ether oxygens (including phenoxy) is 2. The topological polar surface area (TPSA) is 42.5 Å². The average molecular weight is 359 g/mol. The normalized spacial score (nSPS) is 11.5. The van der Waals surface area contributed by atoms with E-state index in [0.717, 1.165) is 25.1 Å². The van der Waals surface area contributed by atoms with E-state index in [9.17, 15) is 0 Å². The van der Waals surface area contributed by atoms with Gasteiger partial charge in [-0.3, -0.25) is 0 Å². The number of thiocarbonyl (C=S) groups is 1. The molecule has 134 valence electrons. The molecule has 0 heterocycles. The zero-order valence-corrected chi connectivity index (χ0v) is 15.9. The third kappa shape index (κ3) is 5.94. The molecule has 0 bridgehead atoms. The maximum atomic E-state index is 5.41. The molecule has 2 aromatic carbocycles. The van der Waals surface area contributed by atoms with Crippen molar-refractivity contribution >= 4 is 23.0 Å². The van der Waals surface area contributed by atoms with Gasteiger partial charge < -0.3 is 20.1 Å². The van der Waals surface area contributed by atoms with Crippen molar-refractivity contribution in [1.82, 2.24) is 5.32 Å². The van der Waals surface area contributed by atoms with E-state index in [2.05, 4.69) is 41.8 Å². The van der Waals surface area contributed by atoms with Crippen LogP contribution in [0, 0.1) is 5.92 Å². The molecule has 2 aromatic rings. The van der Waals surface area contributed by atoms with Crippen LogP contribution in [0.25, 0.3) is 0 Å². The molecule has 0 aliphatic rings. The first-order valence-corrected chi connectivity index (χ1v) is 8.87. The Bertz CT molecular complexity index is 677. The lowest BCUT2D eigenvalue weighted by Gasteiger charge is -2.18. The summed E-state index contributed by atoms with van der Waals surface area (Å²) in [5.41, 5.74) is 2.22. The van der Waals surface area contributed by atoms with Crippen LogP contribution in [0.5, 0.6) is 11.5 Å². The predicted octanol–water partition coefficient (Wildman–Crippen LogP) is 4.26. The van der Waals surface area contributed by atoms with Crippen molar-refractivity contribution in [3.8, 4) is 11.5 Å². The average Bonchev–Trinajstić information content (AvgIpc) is 2.65. The van der Waals surface area contributed by atoms with Gasteiger partial charge in [-0.15, -0.1) is 0 Å². The number of hydrogen-bond donors (Lipinski definition) is 2. The van der Waals surface area contributed by atoms with Crippen LogP contribution in [0.4, 0.5) is 5.69 Å². The van der Waals surface area contributed by atoms with Gasteiger partial charge in [-0.1, -0.05) is 43.7 Å². The van der Waals surface area contributed by atoms with Crippen molar-refractivity contribution in [2.24, 2.45) is 5.92 Å². The van der Waals surface area contributed by atoms with E-state index >= 15 is 0 Å². The maximum absolute atomic E-state index is 5.41. The van der Waals surface area contributed by atoms with Gasteiger partial charge >= 0.3 is 0 Å². The van der Waals surface area contributed by atoms with E-state index in [4.69, 9.17) is 21.7 Å². The maximum Gasteiger partial charge on any atom is 0.170 e. The fourth-order valence-electron chi connectivity index (χ4n) is 2.63.